The van der Waals surface area contributed by atoms with Gasteiger partial charge in [-0.25, -0.2) is 4.79 Å². The summed E-state index contributed by atoms with van der Waals surface area (Å²) in [5, 5.41) is 3.29. The number of nitrogens with zero attached hydrogens (tertiary/aromatic N) is 2. The van der Waals surface area contributed by atoms with Gasteiger partial charge >= 0.3 is 6.03 Å². The van der Waals surface area contributed by atoms with E-state index in [1.165, 1.54) is 4.90 Å². The summed E-state index contributed by atoms with van der Waals surface area (Å²) in [5.74, 6) is 1.06. The Hall–Kier alpha value is -3.71. The summed E-state index contributed by atoms with van der Waals surface area (Å²) in [6, 6.07) is 14.4. The highest BCUT2D eigenvalue weighted by Gasteiger charge is 2.33. The van der Waals surface area contributed by atoms with Crippen LogP contribution in [0, 0.1) is 13.8 Å². The van der Waals surface area contributed by atoms with Crippen LogP contribution in [0.15, 0.2) is 54.2 Å². The van der Waals surface area contributed by atoms with Crippen molar-refractivity contribution in [1.29, 1.82) is 0 Å². The van der Waals surface area contributed by atoms with Gasteiger partial charge in [-0.2, -0.15) is 0 Å². The van der Waals surface area contributed by atoms with Gasteiger partial charge in [0.1, 0.15) is 5.70 Å². The van der Waals surface area contributed by atoms with Crippen molar-refractivity contribution in [2.24, 2.45) is 0 Å². The van der Waals surface area contributed by atoms with E-state index in [1.807, 2.05) is 38.1 Å². The van der Waals surface area contributed by atoms with Crippen molar-refractivity contribution in [3.05, 3.63) is 81.8 Å². The molecule has 3 aromatic rings. The van der Waals surface area contributed by atoms with E-state index < -0.39 is 6.03 Å². The van der Waals surface area contributed by atoms with Crippen molar-refractivity contribution in [2.75, 3.05) is 6.79 Å². The molecule has 162 valence electrons. The Morgan fingerprint density at radius 2 is 1.78 bits per heavy atom. The number of carbonyl (C=O) groups excluding carboxylic acids is 2. The van der Waals surface area contributed by atoms with Gasteiger partial charge in [0.25, 0.3) is 5.91 Å². The van der Waals surface area contributed by atoms with E-state index in [0.29, 0.717) is 10.8 Å². The summed E-state index contributed by atoms with van der Waals surface area (Å²) >= 11 is 5.92. The predicted octanol–water partition coefficient (Wildman–Crippen LogP) is 4.57. The Bertz CT molecular complexity index is 1280. The highest BCUT2D eigenvalue weighted by atomic mass is 35.5. The van der Waals surface area contributed by atoms with E-state index in [0.717, 1.165) is 34.0 Å². The minimum atomic E-state index is -0.444. The maximum absolute atomic E-state index is 12.9. The number of aryl methyl sites for hydroxylation is 1. The van der Waals surface area contributed by atoms with E-state index in [9.17, 15) is 9.59 Å². The fourth-order valence-electron chi connectivity index (χ4n) is 4.00. The number of imide groups is 1. The third-order valence-electron chi connectivity index (χ3n) is 5.60. The van der Waals surface area contributed by atoms with Gasteiger partial charge in [0, 0.05) is 28.2 Å². The molecule has 5 rings (SSSR count). The number of urea groups is 1. The van der Waals surface area contributed by atoms with Crippen molar-refractivity contribution in [3.8, 4) is 17.2 Å². The van der Waals surface area contributed by atoms with Gasteiger partial charge in [0.2, 0.25) is 6.79 Å². The van der Waals surface area contributed by atoms with E-state index >= 15 is 0 Å². The molecule has 7 nitrogen and oxygen atoms in total. The van der Waals surface area contributed by atoms with Gasteiger partial charge in [0.15, 0.2) is 11.5 Å². The molecular weight excluding hydrogens is 430 g/mol. The van der Waals surface area contributed by atoms with Crippen molar-refractivity contribution in [1.82, 2.24) is 14.8 Å². The maximum atomic E-state index is 12.9. The molecular formula is C24H20ClN3O4. The van der Waals surface area contributed by atoms with Crippen molar-refractivity contribution in [3.63, 3.8) is 0 Å². The zero-order chi connectivity index (χ0) is 22.4. The Balaban J connectivity index is 1.43. The summed E-state index contributed by atoms with van der Waals surface area (Å²) < 4.78 is 13.0. The van der Waals surface area contributed by atoms with E-state index in [2.05, 4.69) is 9.88 Å². The summed E-state index contributed by atoms with van der Waals surface area (Å²) in [5.41, 5.74) is 4.77. The normalized spacial score (nSPS) is 16.2. The molecule has 0 bridgehead atoms. The second kappa shape index (κ2) is 7.76. The predicted molar refractivity (Wildman–Crippen MR) is 120 cm³/mol. The molecule has 2 aliphatic rings. The summed E-state index contributed by atoms with van der Waals surface area (Å²) in [6.45, 7) is 4.35. The number of nitrogens with one attached hydrogen (secondary N) is 1. The molecule has 1 saturated heterocycles. The van der Waals surface area contributed by atoms with Crippen LogP contribution in [-0.2, 0) is 11.3 Å². The van der Waals surface area contributed by atoms with E-state index in [-0.39, 0.29) is 24.9 Å². The lowest BCUT2D eigenvalue weighted by Crippen LogP contribution is -2.30. The fraction of sp³-hybridized carbons (Fsp3) is 0.167. The number of hydrogen-bond donors (Lipinski definition) is 1. The molecule has 1 fully saturated rings. The zero-order valence-corrected chi connectivity index (χ0v) is 18.3. The van der Waals surface area contributed by atoms with Crippen LogP contribution in [0.4, 0.5) is 4.79 Å². The largest absolute Gasteiger partial charge is 0.454 e. The first-order valence-electron chi connectivity index (χ1n) is 10.1. The third-order valence-corrected chi connectivity index (χ3v) is 5.85. The number of ether oxygens (including phenoxy) is 2. The topological polar surface area (TPSA) is 72.8 Å². The number of carbonyl (C=O) groups is 2. The lowest BCUT2D eigenvalue weighted by Gasteiger charge is -2.11. The molecule has 3 heterocycles. The fourth-order valence-corrected chi connectivity index (χ4v) is 4.12. The van der Waals surface area contributed by atoms with Crippen LogP contribution in [0.2, 0.25) is 5.02 Å². The number of hydrogen-bond acceptors (Lipinski definition) is 4. The van der Waals surface area contributed by atoms with Crippen LogP contribution in [-0.4, -0.2) is 28.2 Å². The first-order valence-corrected chi connectivity index (χ1v) is 10.5. The first kappa shape index (κ1) is 20.2. The molecule has 0 aliphatic carbocycles. The SMILES string of the molecule is Cc1cc(/C=C2\NC(=O)N(Cc3ccc(Cl)cc3)C2=O)c(C)n1-c1ccc2c(c1)OCO2. The monoisotopic (exact) mass is 449 g/mol. The Morgan fingerprint density at radius 3 is 2.56 bits per heavy atom. The third kappa shape index (κ3) is 3.50. The van der Waals surface area contributed by atoms with Crippen LogP contribution >= 0.6 is 11.6 Å². The molecule has 3 amide bonds. The minimum absolute atomic E-state index is 0.176. The molecule has 0 spiro atoms. The number of halogens is 1. The van der Waals surface area contributed by atoms with Crippen molar-refractivity contribution in [2.45, 2.75) is 20.4 Å². The summed E-state index contributed by atoms with van der Waals surface area (Å²) in [7, 11) is 0. The molecule has 0 atom stereocenters. The molecule has 1 N–H and O–H groups in total. The zero-order valence-electron chi connectivity index (χ0n) is 17.5. The lowest BCUT2D eigenvalue weighted by molar-refractivity contribution is -0.123. The maximum Gasteiger partial charge on any atom is 0.329 e. The molecule has 2 aromatic carbocycles. The quantitative estimate of drug-likeness (QED) is 0.468. The second-order valence-electron chi connectivity index (χ2n) is 7.71. The minimum Gasteiger partial charge on any atom is -0.454 e. The van der Waals surface area contributed by atoms with Gasteiger partial charge in [-0.15, -0.1) is 0 Å². The first-order chi connectivity index (χ1) is 15.4. The van der Waals surface area contributed by atoms with Crippen LogP contribution in [0.5, 0.6) is 11.5 Å². The smallest absolute Gasteiger partial charge is 0.329 e. The highest BCUT2D eigenvalue weighted by Crippen LogP contribution is 2.35. The lowest BCUT2D eigenvalue weighted by atomic mass is 10.2. The van der Waals surface area contributed by atoms with E-state index in [4.69, 9.17) is 21.1 Å². The van der Waals surface area contributed by atoms with Gasteiger partial charge in [-0.05, 0) is 61.4 Å². The molecule has 32 heavy (non-hydrogen) atoms. The van der Waals surface area contributed by atoms with Crippen LogP contribution in [0.3, 0.4) is 0 Å². The van der Waals surface area contributed by atoms with Gasteiger partial charge in [-0.1, -0.05) is 23.7 Å². The van der Waals surface area contributed by atoms with Crippen molar-refractivity contribution >= 4 is 29.6 Å². The van der Waals surface area contributed by atoms with Crippen LogP contribution < -0.4 is 14.8 Å². The molecule has 0 saturated carbocycles. The highest BCUT2D eigenvalue weighted by molar-refractivity contribution is 6.30. The van der Waals surface area contributed by atoms with Gasteiger partial charge in [-0.3, -0.25) is 9.69 Å². The second-order valence-corrected chi connectivity index (χ2v) is 8.14. The number of aromatic nitrogens is 1. The Morgan fingerprint density at radius 1 is 1.03 bits per heavy atom. The van der Waals surface area contributed by atoms with Crippen molar-refractivity contribution < 1.29 is 19.1 Å². The standard InChI is InChI=1S/C24H20ClN3O4/c1-14-9-17(15(2)28(14)19-7-8-21-22(11-19)32-13-31-21)10-20-23(29)27(24(30)26-20)12-16-3-5-18(25)6-4-16/h3-11H,12-13H2,1-2H3,(H,26,30)/b20-10-. The van der Waals surface area contributed by atoms with Gasteiger partial charge < -0.3 is 19.4 Å². The number of rotatable bonds is 4. The molecule has 8 heteroatoms. The Labute approximate surface area is 189 Å². The van der Waals surface area contributed by atoms with Gasteiger partial charge in [0.05, 0.1) is 6.54 Å². The molecule has 0 unspecified atom stereocenters. The number of benzene rings is 2. The average Bonchev–Trinajstić information content (AvgIpc) is 3.42. The Kier molecular flexibility index (Phi) is 4.90. The van der Waals surface area contributed by atoms with Crippen LogP contribution in [0.25, 0.3) is 11.8 Å². The van der Waals surface area contributed by atoms with Crippen LogP contribution in [0.1, 0.15) is 22.5 Å². The summed E-state index contributed by atoms with van der Waals surface area (Å²) in [6.07, 6.45) is 1.72. The number of amides is 3. The van der Waals surface area contributed by atoms with E-state index in [1.54, 1.807) is 30.3 Å². The molecule has 0 radical (unpaired) electrons. The summed E-state index contributed by atoms with van der Waals surface area (Å²) in [4.78, 5) is 26.5. The molecule has 1 aromatic heterocycles. The molecule has 2 aliphatic heterocycles. The number of fused-ring (bicyclic) bond motifs is 1. The average molecular weight is 450 g/mol.